The standard InChI is InChI=1S/C16H16N2O2/c1-9-4-5-11-7-13(15(19)12(11)6-9)16(20)14-8-18(3)17-10(14)2/h4-6,8,13H,7H2,1-3H3. The second kappa shape index (κ2) is 4.40. The van der Waals surface area contributed by atoms with E-state index in [2.05, 4.69) is 5.10 Å². The van der Waals surface area contributed by atoms with Crippen LogP contribution in [0.3, 0.4) is 0 Å². The van der Waals surface area contributed by atoms with Crippen LogP contribution >= 0.6 is 0 Å². The number of nitrogens with zero attached hydrogens (tertiary/aromatic N) is 2. The quantitative estimate of drug-likeness (QED) is 0.620. The Labute approximate surface area is 117 Å². The molecule has 0 amide bonds. The Morgan fingerprint density at radius 3 is 2.75 bits per heavy atom. The fourth-order valence-electron chi connectivity index (χ4n) is 2.84. The summed E-state index contributed by atoms with van der Waals surface area (Å²) in [7, 11) is 1.78. The van der Waals surface area contributed by atoms with Gasteiger partial charge in [-0.15, -0.1) is 0 Å². The van der Waals surface area contributed by atoms with Crippen molar-refractivity contribution < 1.29 is 9.59 Å². The van der Waals surface area contributed by atoms with Gasteiger partial charge in [0.15, 0.2) is 11.6 Å². The molecule has 1 aliphatic carbocycles. The summed E-state index contributed by atoms with van der Waals surface area (Å²) in [6, 6.07) is 5.81. The number of hydrogen-bond donors (Lipinski definition) is 0. The topological polar surface area (TPSA) is 52.0 Å². The first kappa shape index (κ1) is 12.8. The molecule has 4 nitrogen and oxygen atoms in total. The largest absolute Gasteiger partial charge is 0.293 e. The number of rotatable bonds is 2. The van der Waals surface area contributed by atoms with E-state index in [1.54, 1.807) is 24.9 Å². The molecule has 102 valence electrons. The summed E-state index contributed by atoms with van der Waals surface area (Å²) >= 11 is 0. The van der Waals surface area contributed by atoms with Gasteiger partial charge >= 0.3 is 0 Å². The Morgan fingerprint density at radius 1 is 1.35 bits per heavy atom. The van der Waals surface area contributed by atoms with Crippen molar-refractivity contribution in [3.8, 4) is 0 Å². The predicted octanol–water partition coefficient (Wildman–Crippen LogP) is 2.27. The predicted molar refractivity (Wildman–Crippen MR) is 75.0 cm³/mol. The molecule has 1 aromatic heterocycles. The van der Waals surface area contributed by atoms with Gasteiger partial charge in [0.05, 0.1) is 17.2 Å². The first-order valence-electron chi connectivity index (χ1n) is 6.65. The van der Waals surface area contributed by atoms with Gasteiger partial charge < -0.3 is 0 Å². The van der Waals surface area contributed by atoms with Crippen molar-refractivity contribution in [2.24, 2.45) is 13.0 Å². The summed E-state index contributed by atoms with van der Waals surface area (Å²) in [6.07, 6.45) is 2.20. The van der Waals surface area contributed by atoms with Crippen LogP contribution in [-0.4, -0.2) is 21.3 Å². The highest BCUT2D eigenvalue weighted by molar-refractivity contribution is 6.19. The molecular weight excluding hydrogens is 252 g/mol. The number of carbonyl (C=O) groups excluding carboxylic acids is 2. The molecule has 1 aromatic carbocycles. The van der Waals surface area contributed by atoms with Gasteiger partial charge in [-0.1, -0.05) is 17.7 Å². The van der Waals surface area contributed by atoms with Gasteiger partial charge in [-0.3, -0.25) is 14.3 Å². The van der Waals surface area contributed by atoms with Gasteiger partial charge in [-0.25, -0.2) is 0 Å². The van der Waals surface area contributed by atoms with Gasteiger partial charge in [0.2, 0.25) is 0 Å². The maximum Gasteiger partial charge on any atom is 0.177 e. The zero-order valence-corrected chi connectivity index (χ0v) is 11.8. The minimum Gasteiger partial charge on any atom is -0.293 e. The number of aryl methyl sites for hydroxylation is 3. The van der Waals surface area contributed by atoms with E-state index in [-0.39, 0.29) is 11.6 Å². The van der Waals surface area contributed by atoms with Gasteiger partial charge in [0.25, 0.3) is 0 Å². The van der Waals surface area contributed by atoms with Crippen LogP contribution in [0.15, 0.2) is 24.4 Å². The highest BCUT2D eigenvalue weighted by Gasteiger charge is 2.37. The number of fused-ring (bicyclic) bond motifs is 1. The number of carbonyl (C=O) groups is 2. The molecule has 1 atom stereocenters. The number of hydrogen-bond acceptors (Lipinski definition) is 3. The van der Waals surface area contributed by atoms with Crippen LogP contribution in [0.4, 0.5) is 0 Å². The molecular formula is C16H16N2O2. The van der Waals surface area contributed by atoms with Gasteiger partial charge in [-0.2, -0.15) is 5.10 Å². The summed E-state index contributed by atoms with van der Waals surface area (Å²) in [5.41, 5.74) is 3.95. The summed E-state index contributed by atoms with van der Waals surface area (Å²) in [5.74, 6) is -0.763. The van der Waals surface area contributed by atoms with Crippen LogP contribution < -0.4 is 0 Å². The molecule has 1 heterocycles. The van der Waals surface area contributed by atoms with Crippen molar-refractivity contribution in [1.82, 2.24) is 9.78 Å². The molecule has 0 radical (unpaired) electrons. The van der Waals surface area contributed by atoms with Crippen LogP contribution in [0.2, 0.25) is 0 Å². The SMILES string of the molecule is Cc1ccc2c(c1)C(=O)C(C(=O)c1cn(C)nc1C)C2. The third-order valence-electron chi connectivity index (χ3n) is 3.87. The average molecular weight is 268 g/mol. The molecule has 2 aromatic rings. The molecule has 4 heteroatoms. The number of benzene rings is 1. The first-order valence-corrected chi connectivity index (χ1v) is 6.65. The van der Waals surface area contributed by atoms with Crippen LogP contribution in [0.25, 0.3) is 0 Å². The number of ketones is 2. The van der Waals surface area contributed by atoms with Crippen LogP contribution in [0.5, 0.6) is 0 Å². The lowest BCUT2D eigenvalue weighted by Gasteiger charge is -2.05. The highest BCUT2D eigenvalue weighted by Crippen LogP contribution is 2.30. The Morgan fingerprint density at radius 2 is 2.10 bits per heavy atom. The zero-order chi connectivity index (χ0) is 14.4. The molecule has 3 rings (SSSR count). The lowest BCUT2D eigenvalue weighted by Crippen LogP contribution is -2.21. The third-order valence-corrected chi connectivity index (χ3v) is 3.87. The van der Waals surface area contributed by atoms with E-state index in [9.17, 15) is 9.59 Å². The molecule has 0 saturated carbocycles. The lowest BCUT2D eigenvalue weighted by atomic mass is 9.94. The molecule has 0 bridgehead atoms. The van der Waals surface area contributed by atoms with Crippen molar-refractivity contribution in [1.29, 1.82) is 0 Å². The highest BCUT2D eigenvalue weighted by atomic mass is 16.2. The van der Waals surface area contributed by atoms with E-state index in [0.717, 1.165) is 11.1 Å². The van der Waals surface area contributed by atoms with Crippen LogP contribution in [0, 0.1) is 19.8 Å². The van der Waals surface area contributed by atoms with E-state index in [4.69, 9.17) is 0 Å². The lowest BCUT2D eigenvalue weighted by molar-refractivity contribution is 0.0822. The summed E-state index contributed by atoms with van der Waals surface area (Å²) in [6.45, 7) is 3.75. The molecule has 0 saturated heterocycles. The third kappa shape index (κ3) is 1.88. The van der Waals surface area contributed by atoms with Crippen molar-refractivity contribution in [2.75, 3.05) is 0 Å². The van der Waals surface area contributed by atoms with Gasteiger partial charge in [0.1, 0.15) is 0 Å². The van der Waals surface area contributed by atoms with E-state index >= 15 is 0 Å². The van der Waals surface area contributed by atoms with E-state index in [1.165, 1.54) is 0 Å². The molecule has 1 unspecified atom stereocenters. The first-order chi connectivity index (χ1) is 9.47. The molecule has 1 aliphatic rings. The maximum absolute atomic E-state index is 12.6. The molecule has 0 N–H and O–H groups in total. The second-order valence-electron chi connectivity index (χ2n) is 5.45. The van der Waals surface area contributed by atoms with E-state index in [0.29, 0.717) is 23.2 Å². The van der Waals surface area contributed by atoms with Crippen LogP contribution in [-0.2, 0) is 13.5 Å². The van der Waals surface area contributed by atoms with Crippen molar-refractivity contribution in [2.45, 2.75) is 20.3 Å². The zero-order valence-electron chi connectivity index (χ0n) is 11.8. The Balaban J connectivity index is 1.96. The average Bonchev–Trinajstić information content (AvgIpc) is 2.90. The molecule has 0 fully saturated rings. The summed E-state index contributed by atoms with van der Waals surface area (Å²) in [5, 5.41) is 4.18. The Hall–Kier alpha value is -2.23. The fraction of sp³-hybridized carbons (Fsp3) is 0.312. The smallest absolute Gasteiger partial charge is 0.177 e. The fourth-order valence-corrected chi connectivity index (χ4v) is 2.84. The van der Waals surface area contributed by atoms with Crippen LogP contribution in [0.1, 0.15) is 37.5 Å². The molecule has 0 aliphatic heterocycles. The number of aromatic nitrogens is 2. The number of Topliss-reactive ketones (excluding diaryl/α,β-unsaturated/α-hetero) is 2. The van der Waals surface area contributed by atoms with E-state index < -0.39 is 5.92 Å². The minimum absolute atomic E-state index is 0.0584. The molecule has 20 heavy (non-hydrogen) atoms. The summed E-state index contributed by atoms with van der Waals surface area (Å²) in [4.78, 5) is 25.0. The monoisotopic (exact) mass is 268 g/mol. The minimum atomic E-state index is -0.588. The Bertz CT molecular complexity index is 728. The van der Waals surface area contributed by atoms with E-state index in [1.807, 2.05) is 25.1 Å². The maximum atomic E-state index is 12.6. The normalized spacial score (nSPS) is 17.4. The summed E-state index contributed by atoms with van der Waals surface area (Å²) < 4.78 is 1.61. The van der Waals surface area contributed by atoms with Crippen molar-refractivity contribution >= 4 is 11.6 Å². The Kier molecular flexibility index (Phi) is 2.82. The van der Waals surface area contributed by atoms with Gasteiger partial charge in [0, 0.05) is 18.8 Å². The van der Waals surface area contributed by atoms with Gasteiger partial charge in [-0.05, 0) is 31.9 Å². The molecule has 0 spiro atoms. The second-order valence-corrected chi connectivity index (χ2v) is 5.45. The van der Waals surface area contributed by atoms with Crippen molar-refractivity contribution in [3.05, 3.63) is 52.3 Å². The van der Waals surface area contributed by atoms with Crippen molar-refractivity contribution in [3.63, 3.8) is 0 Å².